The van der Waals surface area contributed by atoms with E-state index in [1.165, 1.54) is 0 Å². The van der Waals surface area contributed by atoms with Crippen LogP contribution in [0.3, 0.4) is 0 Å². The molecule has 0 atom stereocenters. The number of nitriles is 1. The van der Waals surface area contributed by atoms with Gasteiger partial charge >= 0.3 is 0 Å². The molecule has 158 valence electrons. The highest BCUT2D eigenvalue weighted by molar-refractivity contribution is 6.31. The Morgan fingerprint density at radius 2 is 1.78 bits per heavy atom. The molecule has 1 N–H and O–H groups in total. The first kappa shape index (κ1) is 21.7. The number of para-hydroxylation sites is 1. The van der Waals surface area contributed by atoms with Crippen LogP contribution in [0.1, 0.15) is 16.7 Å². The Labute approximate surface area is 196 Å². The third kappa shape index (κ3) is 4.70. The number of fused-ring (bicyclic) bond motifs is 1. The normalized spacial score (nSPS) is 11.4. The molecule has 1 amide bonds. The minimum absolute atomic E-state index is 0.0128. The number of rotatable bonds is 5. The zero-order valence-corrected chi connectivity index (χ0v) is 18.8. The van der Waals surface area contributed by atoms with E-state index in [2.05, 4.69) is 9.88 Å². The van der Waals surface area contributed by atoms with Gasteiger partial charge in [0.05, 0.1) is 0 Å². The van der Waals surface area contributed by atoms with Crippen LogP contribution in [0.4, 0.5) is 5.69 Å². The van der Waals surface area contributed by atoms with E-state index in [-0.39, 0.29) is 5.57 Å². The van der Waals surface area contributed by atoms with Gasteiger partial charge in [0.15, 0.2) is 0 Å². The van der Waals surface area contributed by atoms with Crippen molar-refractivity contribution in [3.63, 3.8) is 0 Å². The molecule has 0 radical (unpaired) electrons. The molecular formula is C26H19Cl2N3O. The predicted molar refractivity (Wildman–Crippen MR) is 131 cm³/mol. The van der Waals surface area contributed by atoms with Gasteiger partial charge in [0.1, 0.15) is 11.6 Å². The Morgan fingerprint density at radius 3 is 2.53 bits per heavy atom. The number of anilines is 1. The summed E-state index contributed by atoms with van der Waals surface area (Å²) in [5.41, 5.74) is 4.36. The van der Waals surface area contributed by atoms with E-state index >= 15 is 0 Å². The van der Waals surface area contributed by atoms with E-state index in [1.54, 1.807) is 18.2 Å². The number of amides is 1. The van der Waals surface area contributed by atoms with Gasteiger partial charge in [-0.15, -0.1) is 0 Å². The van der Waals surface area contributed by atoms with Gasteiger partial charge in [0.25, 0.3) is 5.91 Å². The van der Waals surface area contributed by atoms with E-state index < -0.39 is 5.91 Å². The third-order valence-electron chi connectivity index (χ3n) is 5.20. The van der Waals surface area contributed by atoms with E-state index in [4.69, 9.17) is 23.2 Å². The quantitative estimate of drug-likeness (QED) is 0.262. The molecule has 0 aliphatic carbocycles. The highest BCUT2D eigenvalue weighted by Gasteiger charge is 2.14. The summed E-state index contributed by atoms with van der Waals surface area (Å²) in [6.45, 7) is 2.51. The van der Waals surface area contributed by atoms with Crippen LogP contribution in [0.25, 0.3) is 17.0 Å². The summed E-state index contributed by atoms with van der Waals surface area (Å²) >= 11 is 12.0. The minimum Gasteiger partial charge on any atom is -0.342 e. The van der Waals surface area contributed by atoms with Crippen LogP contribution < -0.4 is 5.32 Å². The number of halogens is 2. The summed E-state index contributed by atoms with van der Waals surface area (Å²) in [5, 5.41) is 14.6. The van der Waals surface area contributed by atoms with Crippen molar-refractivity contribution in [2.24, 2.45) is 0 Å². The highest BCUT2D eigenvalue weighted by atomic mass is 35.5. The Bertz CT molecular complexity index is 1380. The Kier molecular flexibility index (Phi) is 6.32. The van der Waals surface area contributed by atoms with Crippen LogP contribution in [0.2, 0.25) is 10.0 Å². The van der Waals surface area contributed by atoms with Crippen LogP contribution in [-0.4, -0.2) is 10.5 Å². The van der Waals surface area contributed by atoms with E-state index in [9.17, 15) is 10.1 Å². The maximum absolute atomic E-state index is 12.8. The summed E-state index contributed by atoms with van der Waals surface area (Å²) in [7, 11) is 0. The lowest BCUT2D eigenvalue weighted by Gasteiger charge is -2.08. The van der Waals surface area contributed by atoms with Crippen molar-refractivity contribution in [3.8, 4) is 6.07 Å². The molecule has 6 heteroatoms. The predicted octanol–water partition coefficient (Wildman–Crippen LogP) is 6.85. The standard InChI is InChI=1S/C26H19Cl2N3O/c1-17-6-9-22(28)13-24(17)30-26(32)19(14-29)12-20-16-31(25-5-3-2-4-23(20)25)15-18-7-10-21(27)11-8-18/h2-13,16H,15H2,1H3,(H,30,32)/b19-12-. The van der Waals surface area contributed by atoms with Crippen LogP contribution >= 0.6 is 23.2 Å². The average Bonchev–Trinajstić information content (AvgIpc) is 3.13. The van der Waals surface area contributed by atoms with Crippen LogP contribution in [-0.2, 0) is 11.3 Å². The van der Waals surface area contributed by atoms with Crippen molar-refractivity contribution in [1.82, 2.24) is 4.57 Å². The molecule has 4 aromatic rings. The van der Waals surface area contributed by atoms with E-state index in [0.29, 0.717) is 22.3 Å². The Balaban J connectivity index is 1.68. The molecule has 4 nitrogen and oxygen atoms in total. The molecule has 3 aromatic carbocycles. The van der Waals surface area contributed by atoms with Gasteiger partial charge in [0, 0.05) is 44.9 Å². The van der Waals surface area contributed by atoms with Gasteiger partial charge in [0.2, 0.25) is 0 Å². The molecule has 0 aliphatic rings. The first-order valence-corrected chi connectivity index (χ1v) is 10.7. The van der Waals surface area contributed by atoms with Crippen LogP contribution in [0.5, 0.6) is 0 Å². The lowest BCUT2D eigenvalue weighted by atomic mass is 10.1. The fourth-order valence-corrected chi connectivity index (χ4v) is 3.83. The summed E-state index contributed by atoms with van der Waals surface area (Å²) < 4.78 is 2.10. The Morgan fingerprint density at radius 1 is 1.06 bits per heavy atom. The lowest BCUT2D eigenvalue weighted by molar-refractivity contribution is -0.112. The number of nitrogens with zero attached hydrogens (tertiary/aromatic N) is 2. The monoisotopic (exact) mass is 459 g/mol. The Hall–Kier alpha value is -3.52. The molecule has 0 spiro atoms. The zero-order valence-electron chi connectivity index (χ0n) is 17.3. The number of carbonyl (C=O) groups is 1. The third-order valence-corrected chi connectivity index (χ3v) is 5.69. The minimum atomic E-state index is -0.479. The zero-order chi connectivity index (χ0) is 22.7. The first-order chi connectivity index (χ1) is 15.4. The fourth-order valence-electron chi connectivity index (χ4n) is 3.53. The number of aryl methyl sites for hydroxylation is 1. The smallest absolute Gasteiger partial charge is 0.266 e. The van der Waals surface area contributed by atoms with Crippen molar-refractivity contribution < 1.29 is 4.79 Å². The molecule has 32 heavy (non-hydrogen) atoms. The van der Waals surface area contributed by atoms with Gasteiger partial charge in [-0.25, -0.2) is 0 Å². The van der Waals surface area contributed by atoms with Crippen molar-refractivity contribution in [3.05, 3.63) is 105 Å². The molecule has 0 bridgehead atoms. The molecule has 0 fully saturated rings. The molecule has 0 saturated carbocycles. The number of carbonyl (C=O) groups excluding carboxylic acids is 1. The summed E-state index contributed by atoms with van der Waals surface area (Å²) in [5.74, 6) is -0.479. The van der Waals surface area contributed by atoms with E-state index in [1.807, 2.05) is 73.8 Å². The molecule has 0 saturated heterocycles. The van der Waals surface area contributed by atoms with Gasteiger partial charge < -0.3 is 9.88 Å². The van der Waals surface area contributed by atoms with Gasteiger partial charge in [-0.2, -0.15) is 5.26 Å². The fraction of sp³-hybridized carbons (Fsp3) is 0.0769. The molecule has 0 aliphatic heterocycles. The van der Waals surface area contributed by atoms with Crippen LogP contribution in [0.15, 0.2) is 78.5 Å². The molecular weight excluding hydrogens is 441 g/mol. The lowest BCUT2D eigenvalue weighted by Crippen LogP contribution is -2.14. The van der Waals surface area contributed by atoms with Crippen LogP contribution in [0, 0.1) is 18.3 Å². The van der Waals surface area contributed by atoms with E-state index in [0.717, 1.165) is 27.6 Å². The van der Waals surface area contributed by atoms with Crippen molar-refractivity contribution in [1.29, 1.82) is 5.26 Å². The molecule has 1 heterocycles. The maximum atomic E-state index is 12.8. The molecule has 0 unspecified atom stereocenters. The summed E-state index contributed by atoms with van der Waals surface area (Å²) in [6.07, 6.45) is 3.57. The number of hydrogen-bond acceptors (Lipinski definition) is 2. The molecule has 1 aromatic heterocycles. The topological polar surface area (TPSA) is 57.8 Å². The largest absolute Gasteiger partial charge is 0.342 e. The van der Waals surface area contributed by atoms with Crippen molar-refractivity contribution >= 4 is 51.8 Å². The highest BCUT2D eigenvalue weighted by Crippen LogP contribution is 2.26. The summed E-state index contributed by atoms with van der Waals surface area (Å²) in [6, 6.07) is 22.8. The number of nitrogens with one attached hydrogen (secondary N) is 1. The average molecular weight is 460 g/mol. The number of hydrogen-bond donors (Lipinski definition) is 1. The molecule has 4 rings (SSSR count). The summed E-state index contributed by atoms with van der Waals surface area (Å²) in [4.78, 5) is 12.8. The first-order valence-electron chi connectivity index (χ1n) is 9.96. The second-order valence-electron chi connectivity index (χ2n) is 7.44. The second-order valence-corrected chi connectivity index (χ2v) is 8.31. The van der Waals surface area contributed by atoms with Gasteiger partial charge in [-0.1, -0.05) is 59.6 Å². The second kappa shape index (κ2) is 9.32. The van der Waals surface area contributed by atoms with Crippen molar-refractivity contribution in [2.75, 3.05) is 5.32 Å². The number of benzene rings is 3. The maximum Gasteiger partial charge on any atom is 0.266 e. The SMILES string of the molecule is Cc1ccc(Cl)cc1NC(=O)/C(C#N)=C\c1cn(Cc2ccc(Cl)cc2)c2ccccc12. The number of aromatic nitrogens is 1. The van der Waals surface area contributed by atoms with Gasteiger partial charge in [-0.3, -0.25) is 4.79 Å². The van der Waals surface area contributed by atoms with Gasteiger partial charge in [-0.05, 0) is 54.5 Å². The van der Waals surface area contributed by atoms with Crippen molar-refractivity contribution in [2.45, 2.75) is 13.5 Å².